The van der Waals surface area contributed by atoms with E-state index < -0.39 is 0 Å². The second-order valence-corrected chi connectivity index (χ2v) is 5.83. The topological polar surface area (TPSA) is 43.8 Å². The van der Waals surface area contributed by atoms with Gasteiger partial charge >= 0.3 is 0 Å². The molecule has 1 aromatic heterocycles. The molecule has 106 valence electrons. The van der Waals surface area contributed by atoms with Gasteiger partial charge in [0.05, 0.1) is 5.69 Å². The molecule has 1 aliphatic rings. The van der Waals surface area contributed by atoms with Gasteiger partial charge in [0.15, 0.2) is 0 Å². The number of fused-ring (bicyclic) bond motifs is 1. The third-order valence-corrected chi connectivity index (χ3v) is 4.39. The van der Waals surface area contributed by atoms with E-state index >= 15 is 0 Å². The molecule has 1 aliphatic carbocycles. The lowest BCUT2D eigenvalue weighted by atomic mass is 9.99. The van der Waals surface area contributed by atoms with Gasteiger partial charge in [0.1, 0.15) is 5.82 Å². The summed E-state index contributed by atoms with van der Waals surface area (Å²) in [5.41, 5.74) is 11.7. The summed E-state index contributed by atoms with van der Waals surface area (Å²) in [5.74, 6) is 1.11. The van der Waals surface area contributed by atoms with Crippen molar-refractivity contribution in [3.8, 4) is 0 Å². The van der Waals surface area contributed by atoms with E-state index in [1.54, 1.807) is 0 Å². The van der Waals surface area contributed by atoms with Crippen molar-refractivity contribution < 1.29 is 0 Å². The largest absolute Gasteiger partial charge is 0.330 e. The molecule has 2 aromatic rings. The highest BCUT2D eigenvalue weighted by Gasteiger charge is 2.20. The summed E-state index contributed by atoms with van der Waals surface area (Å²) in [6.45, 7) is 5.06. The van der Waals surface area contributed by atoms with Crippen molar-refractivity contribution in [2.24, 2.45) is 5.73 Å². The Balaban J connectivity index is 1.88. The van der Waals surface area contributed by atoms with Crippen LogP contribution in [0.25, 0.3) is 0 Å². The Kier molecular flexibility index (Phi) is 3.62. The Morgan fingerprint density at radius 3 is 2.75 bits per heavy atom. The smallest absolute Gasteiger partial charge is 0.106 e. The third kappa shape index (κ3) is 2.38. The highest BCUT2D eigenvalue weighted by molar-refractivity contribution is 5.29. The van der Waals surface area contributed by atoms with Crippen molar-refractivity contribution in [2.75, 3.05) is 0 Å². The lowest BCUT2D eigenvalue weighted by Gasteiger charge is -2.20. The standard InChI is InChI=1S/C17H23N3/c1-12-7-3-4-8-14(12)15(18)11-20-13(2)19-16-9-5-6-10-17(16)20/h3-4,7-8,15H,5-6,9-11,18H2,1-2H3. The summed E-state index contributed by atoms with van der Waals surface area (Å²) in [6, 6.07) is 8.44. The average molecular weight is 269 g/mol. The van der Waals surface area contributed by atoms with Gasteiger partial charge in [0.2, 0.25) is 0 Å². The van der Waals surface area contributed by atoms with E-state index in [1.165, 1.54) is 35.4 Å². The van der Waals surface area contributed by atoms with Gasteiger partial charge < -0.3 is 10.3 Å². The van der Waals surface area contributed by atoms with Crippen LogP contribution in [0, 0.1) is 13.8 Å². The summed E-state index contributed by atoms with van der Waals surface area (Å²) in [7, 11) is 0. The number of aryl methyl sites for hydroxylation is 3. The Labute approximate surface area is 120 Å². The molecule has 0 spiro atoms. The van der Waals surface area contributed by atoms with Crippen molar-refractivity contribution in [1.29, 1.82) is 0 Å². The molecule has 0 bridgehead atoms. The summed E-state index contributed by atoms with van der Waals surface area (Å²) < 4.78 is 2.34. The van der Waals surface area contributed by atoms with Crippen LogP contribution in [0.15, 0.2) is 24.3 Å². The molecule has 1 atom stereocenters. The summed E-state index contributed by atoms with van der Waals surface area (Å²) in [5, 5.41) is 0. The number of hydrogen-bond donors (Lipinski definition) is 1. The van der Waals surface area contributed by atoms with E-state index in [9.17, 15) is 0 Å². The van der Waals surface area contributed by atoms with Crippen LogP contribution < -0.4 is 5.73 Å². The molecule has 1 aromatic carbocycles. The zero-order valence-corrected chi connectivity index (χ0v) is 12.4. The van der Waals surface area contributed by atoms with Crippen LogP contribution in [-0.2, 0) is 19.4 Å². The van der Waals surface area contributed by atoms with Crippen molar-refractivity contribution in [2.45, 2.75) is 52.1 Å². The minimum Gasteiger partial charge on any atom is -0.330 e. The molecule has 1 unspecified atom stereocenters. The summed E-state index contributed by atoms with van der Waals surface area (Å²) >= 11 is 0. The first kappa shape index (κ1) is 13.4. The molecule has 20 heavy (non-hydrogen) atoms. The molecule has 3 rings (SSSR count). The highest BCUT2D eigenvalue weighted by Crippen LogP contribution is 2.25. The van der Waals surface area contributed by atoms with Gasteiger partial charge in [-0.2, -0.15) is 0 Å². The number of hydrogen-bond acceptors (Lipinski definition) is 2. The minimum absolute atomic E-state index is 0.0372. The Morgan fingerprint density at radius 2 is 1.95 bits per heavy atom. The van der Waals surface area contributed by atoms with E-state index in [4.69, 9.17) is 10.7 Å². The van der Waals surface area contributed by atoms with E-state index in [-0.39, 0.29) is 6.04 Å². The summed E-state index contributed by atoms with van der Waals surface area (Å²) in [4.78, 5) is 4.73. The lowest BCUT2D eigenvalue weighted by molar-refractivity contribution is 0.531. The molecule has 1 heterocycles. The van der Waals surface area contributed by atoms with Crippen molar-refractivity contribution in [3.63, 3.8) is 0 Å². The zero-order chi connectivity index (χ0) is 14.1. The third-order valence-electron chi connectivity index (χ3n) is 4.39. The predicted octanol–water partition coefficient (Wildman–Crippen LogP) is 3.08. The fourth-order valence-electron chi connectivity index (χ4n) is 3.28. The van der Waals surface area contributed by atoms with Gasteiger partial charge in [-0.25, -0.2) is 4.98 Å². The van der Waals surface area contributed by atoms with Gasteiger partial charge in [-0.3, -0.25) is 0 Å². The van der Waals surface area contributed by atoms with Crippen LogP contribution in [0.1, 0.15) is 47.2 Å². The van der Waals surface area contributed by atoms with Crippen LogP contribution in [0.5, 0.6) is 0 Å². The predicted molar refractivity (Wildman–Crippen MR) is 81.7 cm³/mol. The Morgan fingerprint density at radius 1 is 1.20 bits per heavy atom. The molecule has 0 saturated carbocycles. The molecule has 0 aliphatic heterocycles. The van der Waals surface area contributed by atoms with Crippen LogP contribution in [-0.4, -0.2) is 9.55 Å². The number of imidazole rings is 1. The normalized spacial score (nSPS) is 15.9. The molecule has 0 saturated heterocycles. The van der Waals surface area contributed by atoms with Gasteiger partial charge in [-0.15, -0.1) is 0 Å². The molecular weight excluding hydrogens is 246 g/mol. The maximum Gasteiger partial charge on any atom is 0.106 e. The molecule has 0 fully saturated rings. The molecule has 3 nitrogen and oxygen atoms in total. The minimum atomic E-state index is 0.0372. The van der Waals surface area contributed by atoms with E-state index in [2.05, 4.69) is 42.7 Å². The fourth-order valence-corrected chi connectivity index (χ4v) is 3.28. The first-order valence-electron chi connectivity index (χ1n) is 7.53. The quantitative estimate of drug-likeness (QED) is 0.930. The molecule has 0 amide bonds. The van der Waals surface area contributed by atoms with Gasteiger partial charge in [-0.1, -0.05) is 24.3 Å². The number of rotatable bonds is 3. The lowest BCUT2D eigenvalue weighted by Crippen LogP contribution is -2.21. The van der Waals surface area contributed by atoms with Crippen molar-refractivity contribution >= 4 is 0 Å². The van der Waals surface area contributed by atoms with Gasteiger partial charge in [0, 0.05) is 18.3 Å². The number of benzene rings is 1. The van der Waals surface area contributed by atoms with Crippen LogP contribution in [0.4, 0.5) is 0 Å². The van der Waals surface area contributed by atoms with Crippen LogP contribution >= 0.6 is 0 Å². The van der Waals surface area contributed by atoms with Crippen LogP contribution in [0.3, 0.4) is 0 Å². The summed E-state index contributed by atoms with van der Waals surface area (Å²) in [6.07, 6.45) is 4.82. The highest BCUT2D eigenvalue weighted by atomic mass is 15.1. The van der Waals surface area contributed by atoms with Crippen LogP contribution in [0.2, 0.25) is 0 Å². The molecular formula is C17H23N3. The van der Waals surface area contributed by atoms with Crippen molar-refractivity contribution in [1.82, 2.24) is 9.55 Å². The monoisotopic (exact) mass is 269 g/mol. The molecule has 2 N–H and O–H groups in total. The first-order chi connectivity index (χ1) is 9.66. The van der Waals surface area contributed by atoms with Gasteiger partial charge in [0.25, 0.3) is 0 Å². The zero-order valence-electron chi connectivity index (χ0n) is 12.4. The van der Waals surface area contributed by atoms with E-state index in [1.807, 2.05) is 0 Å². The van der Waals surface area contributed by atoms with Gasteiger partial charge in [-0.05, 0) is 50.7 Å². The maximum absolute atomic E-state index is 6.44. The molecule has 3 heteroatoms. The Bertz CT molecular complexity index is 613. The Hall–Kier alpha value is -1.61. The number of nitrogens with zero attached hydrogens (tertiary/aromatic N) is 2. The van der Waals surface area contributed by atoms with E-state index in [0.717, 1.165) is 25.2 Å². The SMILES string of the molecule is Cc1ccccc1C(N)Cn1c(C)nc2c1CCCC2. The second kappa shape index (κ2) is 5.41. The second-order valence-electron chi connectivity index (χ2n) is 5.83. The first-order valence-corrected chi connectivity index (χ1v) is 7.53. The fraction of sp³-hybridized carbons (Fsp3) is 0.471. The average Bonchev–Trinajstić information content (AvgIpc) is 2.76. The van der Waals surface area contributed by atoms with Crippen molar-refractivity contribution in [3.05, 3.63) is 52.6 Å². The maximum atomic E-state index is 6.44. The van der Waals surface area contributed by atoms with E-state index in [0.29, 0.717) is 0 Å². The number of nitrogens with two attached hydrogens (primary N) is 1. The molecule has 0 radical (unpaired) electrons. The number of aromatic nitrogens is 2.